The standard InChI is InChI=1S/C22H26O3/c1-6-10-19-16(2)13-18(21(23)25-22(3,4)5)14-20(19)24-15-17-11-8-7-9-12-17/h6-9,11-14H,1,10,15H2,2-5H3. The van der Waals surface area contributed by atoms with Crippen molar-refractivity contribution >= 4 is 5.97 Å². The van der Waals surface area contributed by atoms with Gasteiger partial charge in [0, 0.05) is 5.56 Å². The average molecular weight is 338 g/mol. The summed E-state index contributed by atoms with van der Waals surface area (Å²) in [4.78, 5) is 12.4. The van der Waals surface area contributed by atoms with Crippen LogP contribution in [-0.4, -0.2) is 11.6 Å². The maximum absolute atomic E-state index is 12.4. The van der Waals surface area contributed by atoms with E-state index in [0.29, 0.717) is 24.3 Å². The molecule has 25 heavy (non-hydrogen) atoms. The average Bonchev–Trinajstić information content (AvgIpc) is 2.54. The molecule has 0 atom stereocenters. The molecule has 0 aliphatic heterocycles. The molecule has 0 unspecified atom stereocenters. The largest absolute Gasteiger partial charge is 0.489 e. The van der Waals surface area contributed by atoms with E-state index >= 15 is 0 Å². The fourth-order valence-electron chi connectivity index (χ4n) is 2.51. The number of benzene rings is 2. The van der Waals surface area contributed by atoms with Crippen LogP contribution in [0.5, 0.6) is 5.75 Å². The normalized spacial score (nSPS) is 11.0. The summed E-state index contributed by atoms with van der Waals surface area (Å²) >= 11 is 0. The Morgan fingerprint density at radius 1 is 1.16 bits per heavy atom. The van der Waals surface area contributed by atoms with Crippen LogP contribution < -0.4 is 4.74 Å². The summed E-state index contributed by atoms with van der Waals surface area (Å²) in [5.74, 6) is 0.356. The van der Waals surface area contributed by atoms with Crippen LogP contribution in [0.15, 0.2) is 55.1 Å². The molecule has 0 heterocycles. The fraction of sp³-hybridized carbons (Fsp3) is 0.318. The first-order valence-electron chi connectivity index (χ1n) is 8.44. The summed E-state index contributed by atoms with van der Waals surface area (Å²) in [6.07, 6.45) is 2.52. The van der Waals surface area contributed by atoms with Gasteiger partial charge in [0.05, 0.1) is 5.56 Å². The van der Waals surface area contributed by atoms with Crippen molar-refractivity contribution in [3.63, 3.8) is 0 Å². The van der Waals surface area contributed by atoms with Crippen molar-refractivity contribution in [3.05, 3.63) is 77.4 Å². The Balaban J connectivity index is 2.30. The Hall–Kier alpha value is -2.55. The molecule has 0 amide bonds. The molecule has 0 bridgehead atoms. The zero-order chi connectivity index (χ0) is 18.4. The van der Waals surface area contributed by atoms with Crippen LogP contribution in [0.4, 0.5) is 0 Å². The summed E-state index contributed by atoms with van der Waals surface area (Å²) in [5, 5.41) is 0. The second-order valence-electron chi connectivity index (χ2n) is 7.04. The molecule has 2 aromatic rings. The third kappa shape index (κ3) is 5.49. The summed E-state index contributed by atoms with van der Waals surface area (Å²) < 4.78 is 11.5. The van der Waals surface area contributed by atoms with Crippen molar-refractivity contribution in [1.29, 1.82) is 0 Å². The molecular weight excluding hydrogens is 312 g/mol. The molecule has 0 N–H and O–H groups in total. The number of ether oxygens (including phenoxy) is 2. The topological polar surface area (TPSA) is 35.5 Å². The van der Waals surface area contributed by atoms with Crippen LogP contribution in [0.1, 0.15) is 47.8 Å². The van der Waals surface area contributed by atoms with E-state index in [0.717, 1.165) is 16.7 Å². The van der Waals surface area contributed by atoms with Gasteiger partial charge in [-0.2, -0.15) is 0 Å². The second kappa shape index (κ2) is 8.02. The van der Waals surface area contributed by atoms with Gasteiger partial charge in [0.2, 0.25) is 0 Å². The number of carbonyl (C=O) groups is 1. The van der Waals surface area contributed by atoms with E-state index in [1.54, 1.807) is 6.07 Å². The molecule has 0 aliphatic carbocycles. The highest BCUT2D eigenvalue weighted by molar-refractivity contribution is 5.90. The first kappa shape index (κ1) is 18.8. The first-order valence-corrected chi connectivity index (χ1v) is 8.44. The van der Waals surface area contributed by atoms with Crippen LogP contribution in [0.25, 0.3) is 0 Å². The van der Waals surface area contributed by atoms with Gasteiger partial charge in [0.15, 0.2) is 0 Å². The molecule has 3 nitrogen and oxygen atoms in total. The third-order valence-corrected chi connectivity index (χ3v) is 3.65. The lowest BCUT2D eigenvalue weighted by Crippen LogP contribution is -2.24. The van der Waals surface area contributed by atoms with Gasteiger partial charge in [-0.05, 0) is 57.4 Å². The minimum absolute atomic E-state index is 0.342. The molecule has 0 aliphatic rings. The lowest BCUT2D eigenvalue weighted by atomic mass is 10.0. The molecule has 0 spiro atoms. The number of allylic oxidation sites excluding steroid dienone is 1. The van der Waals surface area contributed by atoms with Crippen LogP contribution in [0.3, 0.4) is 0 Å². The monoisotopic (exact) mass is 338 g/mol. The zero-order valence-electron chi connectivity index (χ0n) is 15.5. The predicted octanol–water partition coefficient (Wildman–Crippen LogP) is 5.26. The van der Waals surface area contributed by atoms with Crippen molar-refractivity contribution < 1.29 is 14.3 Å². The number of aryl methyl sites for hydroxylation is 1. The number of carbonyl (C=O) groups excluding carboxylic acids is 1. The molecular formula is C22H26O3. The lowest BCUT2D eigenvalue weighted by molar-refractivity contribution is 0.00689. The fourth-order valence-corrected chi connectivity index (χ4v) is 2.51. The zero-order valence-corrected chi connectivity index (χ0v) is 15.5. The molecule has 2 rings (SSSR count). The molecule has 0 radical (unpaired) electrons. The Morgan fingerprint density at radius 3 is 2.44 bits per heavy atom. The molecule has 0 saturated heterocycles. The number of rotatable bonds is 6. The van der Waals surface area contributed by atoms with E-state index in [4.69, 9.17) is 9.47 Å². The smallest absolute Gasteiger partial charge is 0.338 e. The maximum Gasteiger partial charge on any atom is 0.338 e. The number of hydrogen-bond donors (Lipinski definition) is 0. The predicted molar refractivity (Wildman–Crippen MR) is 101 cm³/mol. The number of esters is 1. The van der Waals surface area contributed by atoms with Crippen molar-refractivity contribution in [2.75, 3.05) is 0 Å². The molecule has 0 fully saturated rings. The van der Waals surface area contributed by atoms with Gasteiger partial charge in [0.25, 0.3) is 0 Å². The lowest BCUT2D eigenvalue weighted by Gasteiger charge is -2.21. The van der Waals surface area contributed by atoms with Crippen LogP contribution in [0.2, 0.25) is 0 Å². The molecule has 0 saturated carbocycles. The van der Waals surface area contributed by atoms with E-state index in [1.165, 1.54) is 0 Å². The highest BCUT2D eigenvalue weighted by Crippen LogP contribution is 2.27. The Bertz CT molecular complexity index is 740. The Kier molecular flexibility index (Phi) is 6.02. The van der Waals surface area contributed by atoms with Crippen LogP contribution in [0, 0.1) is 6.92 Å². The summed E-state index contributed by atoms with van der Waals surface area (Å²) in [5.41, 5.74) is 3.08. The first-order chi connectivity index (χ1) is 11.8. The van der Waals surface area contributed by atoms with Crippen molar-refractivity contribution in [1.82, 2.24) is 0 Å². The summed E-state index contributed by atoms with van der Waals surface area (Å²) in [6, 6.07) is 13.6. The van der Waals surface area contributed by atoms with Gasteiger partial charge in [0.1, 0.15) is 18.0 Å². The van der Waals surface area contributed by atoms with Crippen molar-refractivity contribution in [2.24, 2.45) is 0 Å². The molecule has 3 heteroatoms. The van der Waals surface area contributed by atoms with Crippen LogP contribution in [-0.2, 0) is 17.8 Å². The van der Waals surface area contributed by atoms with Crippen molar-refractivity contribution in [3.8, 4) is 5.75 Å². The van der Waals surface area contributed by atoms with Gasteiger partial charge in [-0.3, -0.25) is 0 Å². The minimum Gasteiger partial charge on any atom is -0.489 e. The van der Waals surface area contributed by atoms with E-state index in [1.807, 2.05) is 70.2 Å². The molecule has 2 aromatic carbocycles. The summed E-state index contributed by atoms with van der Waals surface area (Å²) in [6.45, 7) is 11.8. The Morgan fingerprint density at radius 2 is 1.84 bits per heavy atom. The molecule has 132 valence electrons. The van der Waals surface area contributed by atoms with E-state index in [2.05, 4.69) is 6.58 Å². The van der Waals surface area contributed by atoms with Gasteiger partial charge >= 0.3 is 5.97 Å². The summed E-state index contributed by atoms with van der Waals surface area (Å²) in [7, 11) is 0. The van der Waals surface area contributed by atoms with Crippen molar-refractivity contribution in [2.45, 2.75) is 46.3 Å². The quantitative estimate of drug-likeness (QED) is 0.532. The highest BCUT2D eigenvalue weighted by Gasteiger charge is 2.20. The van der Waals surface area contributed by atoms with Gasteiger partial charge in [-0.25, -0.2) is 4.79 Å². The van der Waals surface area contributed by atoms with E-state index in [-0.39, 0.29) is 5.97 Å². The minimum atomic E-state index is -0.532. The SMILES string of the molecule is C=CCc1c(C)cc(C(=O)OC(C)(C)C)cc1OCc1ccccc1. The van der Waals surface area contributed by atoms with E-state index in [9.17, 15) is 4.79 Å². The Labute approximate surface area is 150 Å². The highest BCUT2D eigenvalue weighted by atomic mass is 16.6. The van der Waals surface area contributed by atoms with E-state index < -0.39 is 5.60 Å². The van der Waals surface area contributed by atoms with Crippen LogP contribution >= 0.6 is 0 Å². The number of hydrogen-bond acceptors (Lipinski definition) is 3. The maximum atomic E-state index is 12.4. The molecule has 0 aromatic heterocycles. The third-order valence-electron chi connectivity index (χ3n) is 3.65. The van der Waals surface area contributed by atoms with Gasteiger partial charge < -0.3 is 9.47 Å². The van der Waals surface area contributed by atoms with Gasteiger partial charge in [-0.15, -0.1) is 6.58 Å². The second-order valence-corrected chi connectivity index (χ2v) is 7.04. The van der Waals surface area contributed by atoms with Gasteiger partial charge in [-0.1, -0.05) is 36.4 Å².